The molecule has 0 amide bonds. The Morgan fingerprint density at radius 3 is 2.55 bits per heavy atom. The van der Waals surface area contributed by atoms with Crippen LogP contribution in [0, 0.1) is 0 Å². The highest BCUT2D eigenvalue weighted by Crippen LogP contribution is 2.37. The molecule has 1 fully saturated rings. The number of methoxy groups -OCH3 is 1. The van der Waals surface area contributed by atoms with Crippen molar-refractivity contribution in [2.75, 3.05) is 20.3 Å². The fraction of sp³-hybridized carbons (Fsp3) is 0.467. The van der Waals surface area contributed by atoms with E-state index in [4.69, 9.17) is 19.7 Å². The van der Waals surface area contributed by atoms with E-state index >= 15 is 0 Å². The fourth-order valence-corrected chi connectivity index (χ4v) is 2.26. The van der Waals surface area contributed by atoms with Gasteiger partial charge in [-0.1, -0.05) is 5.16 Å². The SMILES string of the molecule is COCCOc1ccc(-c2nc(C3(N)CCC3)no2)cc1.Cl. The minimum atomic E-state index is -0.398. The van der Waals surface area contributed by atoms with E-state index in [1.807, 2.05) is 24.3 Å². The standard InChI is InChI=1S/C15H19N3O3.ClH/c1-19-9-10-20-12-5-3-11(4-6-12)13-17-14(18-21-13)15(16)7-2-8-15;/h3-6H,2,7-10,16H2,1H3;1H. The Bertz CT molecular complexity index is 596. The maximum absolute atomic E-state index is 6.19. The first kappa shape index (κ1) is 16.7. The Morgan fingerprint density at radius 2 is 1.95 bits per heavy atom. The molecule has 1 aromatic heterocycles. The van der Waals surface area contributed by atoms with Crippen LogP contribution in [0.4, 0.5) is 0 Å². The molecule has 0 radical (unpaired) electrons. The van der Waals surface area contributed by atoms with Crippen LogP contribution in [0.1, 0.15) is 25.1 Å². The second-order valence-electron chi connectivity index (χ2n) is 5.30. The van der Waals surface area contributed by atoms with Crippen molar-refractivity contribution in [1.82, 2.24) is 10.1 Å². The highest BCUT2D eigenvalue weighted by molar-refractivity contribution is 5.85. The van der Waals surface area contributed by atoms with E-state index in [9.17, 15) is 0 Å². The normalized spacial score (nSPS) is 15.7. The summed E-state index contributed by atoms with van der Waals surface area (Å²) < 4.78 is 15.8. The Labute approximate surface area is 135 Å². The van der Waals surface area contributed by atoms with Gasteiger partial charge in [-0.15, -0.1) is 12.4 Å². The molecule has 1 saturated carbocycles. The molecule has 0 atom stereocenters. The molecule has 0 spiro atoms. The van der Waals surface area contributed by atoms with Gasteiger partial charge in [0, 0.05) is 12.7 Å². The molecule has 0 bridgehead atoms. The van der Waals surface area contributed by atoms with Crippen LogP contribution in [0.25, 0.3) is 11.5 Å². The van der Waals surface area contributed by atoms with Crippen molar-refractivity contribution in [2.24, 2.45) is 5.73 Å². The van der Waals surface area contributed by atoms with Crippen molar-refractivity contribution in [2.45, 2.75) is 24.8 Å². The van der Waals surface area contributed by atoms with Crippen LogP contribution in [0.2, 0.25) is 0 Å². The monoisotopic (exact) mass is 325 g/mol. The molecule has 0 aliphatic heterocycles. The molecular weight excluding hydrogens is 306 g/mol. The number of aromatic nitrogens is 2. The molecule has 1 aliphatic rings. The molecule has 0 saturated heterocycles. The third-order valence-electron chi connectivity index (χ3n) is 3.77. The lowest BCUT2D eigenvalue weighted by molar-refractivity contribution is 0.146. The predicted molar refractivity (Wildman–Crippen MR) is 84.1 cm³/mol. The summed E-state index contributed by atoms with van der Waals surface area (Å²) in [5, 5.41) is 4.01. The number of nitrogens with zero attached hydrogens (tertiary/aromatic N) is 2. The van der Waals surface area contributed by atoms with Gasteiger partial charge in [0.15, 0.2) is 5.82 Å². The number of ether oxygens (including phenoxy) is 2. The zero-order chi connectivity index (χ0) is 14.7. The maximum atomic E-state index is 6.19. The third kappa shape index (κ3) is 3.40. The quantitative estimate of drug-likeness (QED) is 0.822. The van der Waals surface area contributed by atoms with E-state index in [1.165, 1.54) is 0 Å². The third-order valence-corrected chi connectivity index (χ3v) is 3.77. The molecule has 6 nitrogen and oxygen atoms in total. The zero-order valence-corrected chi connectivity index (χ0v) is 13.3. The Hall–Kier alpha value is -1.63. The maximum Gasteiger partial charge on any atom is 0.257 e. The van der Waals surface area contributed by atoms with Crippen LogP contribution < -0.4 is 10.5 Å². The van der Waals surface area contributed by atoms with Crippen LogP contribution in [0.15, 0.2) is 28.8 Å². The number of rotatable bonds is 6. The smallest absolute Gasteiger partial charge is 0.257 e. The molecule has 22 heavy (non-hydrogen) atoms. The first-order valence-electron chi connectivity index (χ1n) is 7.06. The van der Waals surface area contributed by atoms with E-state index in [-0.39, 0.29) is 12.4 Å². The lowest BCUT2D eigenvalue weighted by Gasteiger charge is -2.34. The molecule has 1 aliphatic carbocycles. The lowest BCUT2D eigenvalue weighted by atomic mass is 9.77. The van der Waals surface area contributed by atoms with Crippen LogP contribution in [-0.2, 0) is 10.3 Å². The minimum absolute atomic E-state index is 0. The van der Waals surface area contributed by atoms with Crippen molar-refractivity contribution < 1.29 is 14.0 Å². The molecule has 3 rings (SSSR count). The van der Waals surface area contributed by atoms with Crippen molar-refractivity contribution in [3.05, 3.63) is 30.1 Å². The van der Waals surface area contributed by atoms with Gasteiger partial charge >= 0.3 is 0 Å². The van der Waals surface area contributed by atoms with Crippen LogP contribution in [0.5, 0.6) is 5.75 Å². The molecule has 2 aromatic rings. The van der Waals surface area contributed by atoms with E-state index in [1.54, 1.807) is 7.11 Å². The van der Waals surface area contributed by atoms with Crippen molar-refractivity contribution >= 4 is 12.4 Å². The van der Waals surface area contributed by atoms with Crippen molar-refractivity contribution in [3.8, 4) is 17.2 Å². The average molecular weight is 326 g/mol. The van der Waals surface area contributed by atoms with Gasteiger partial charge in [-0.25, -0.2) is 0 Å². The number of benzene rings is 1. The van der Waals surface area contributed by atoms with Gasteiger partial charge in [-0.3, -0.25) is 0 Å². The summed E-state index contributed by atoms with van der Waals surface area (Å²) in [7, 11) is 1.64. The van der Waals surface area contributed by atoms with Gasteiger partial charge in [0.2, 0.25) is 0 Å². The lowest BCUT2D eigenvalue weighted by Crippen LogP contribution is -2.44. The molecular formula is C15H20ClN3O3. The number of halogens is 1. The molecule has 2 N–H and O–H groups in total. The van der Waals surface area contributed by atoms with Gasteiger partial charge in [0.1, 0.15) is 12.4 Å². The summed E-state index contributed by atoms with van der Waals surface area (Å²) in [5.41, 5.74) is 6.65. The highest BCUT2D eigenvalue weighted by Gasteiger charge is 2.39. The summed E-state index contributed by atoms with van der Waals surface area (Å²) in [5.74, 6) is 1.87. The number of nitrogens with two attached hydrogens (primary N) is 1. The first-order chi connectivity index (χ1) is 10.2. The van der Waals surface area contributed by atoms with Crippen LogP contribution >= 0.6 is 12.4 Å². The Balaban J connectivity index is 0.00000176. The Kier molecular flexibility index (Phi) is 5.39. The molecule has 1 heterocycles. The Morgan fingerprint density at radius 1 is 1.23 bits per heavy atom. The van der Waals surface area contributed by atoms with Crippen LogP contribution in [0.3, 0.4) is 0 Å². The summed E-state index contributed by atoms with van der Waals surface area (Å²) in [4.78, 5) is 4.42. The van der Waals surface area contributed by atoms with Crippen LogP contribution in [-0.4, -0.2) is 30.5 Å². The highest BCUT2D eigenvalue weighted by atomic mass is 35.5. The molecule has 120 valence electrons. The van der Waals surface area contributed by atoms with E-state index in [2.05, 4.69) is 10.1 Å². The predicted octanol–water partition coefficient (Wildman–Crippen LogP) is 2.52. The van der Waals surface area contributed by atoms with Crippen molar-refractivity contribution in [3.63, 3.8) is 0 Å². The number of hydrogen-bond acceptors (Lipinski definition) is 6. The van der Waals surface area contributed by atoms with E-state index in [0.29, 0.717) is 24.9 Å². The summed E-state index contributed by atoms with van der Waals surface area (Å²) in [6.45, 7) is 1.09. The summed E-state index contributed by atoms with van der Waals surface area (Å²) >= 11 is 0. The van der Waals surface area contributed by atoms with E-state index in [0.717, 1.165) is 30.6 Å². The van der Waals surface area contributed by atoms with Gasteiger partial charge < -0.3 is 19.7 Å². The van der Waals surface area contributed by atoms with E-state index < -0.39 is 5.54 Å². The first-order valence-corrected chi connectivity index (χ1v) is 7.06. The second kappa shape index (κ2) is 7.09. The number of hydrogen-bond donors (Lipinski definition) is 1. The molecule has 1 aromatic carbocycles. The van der Waals surface area contributed by atoms with Crippen molar-refractivity contribution in [1.29, 1.82) is 0 Å². The fourth-order valence-electron chi connectivity index (χ4n) is 2.26. The van der Waals surface area contributed by atoms with Gasteiger partial charge in [-0.2, -0.15) is 4.98 Å². The van der Waals surface area contributed by atoms with Gasteiger partial charge in [-0.05, 0) is 43.5 Å². The zero-order valence-electron chi connectivity index (χ0n) is 12.4. The summed E-state index contributed by atoms with van der Waals surface area (Å²) in [6.07, 6.45) is 2.95. The molecule has 7 heteroatoms. The average Bonchev–Trinajstić information content (AvgIpc) is 2.96. The van der Waals surface area contributed by atoms with Gasteiger partial charge in [0.25, 0.3) is 5.89 Å². The van der Waals surface area contributed by atoms with Gasteiger partial charge in [0.05, 0.1) is 12.1 Å². The summed E-state index contributed by atoms with van der Waals surface area (Å²) in [6, 6.07) is 7.53. The topological polar surface area (TPSA) is 83.4 Å². The minimum Gasteiger partial charge on any atom is -0.491 e. The molecule has 0 unspecified atom stereocenters. The second-order valence-corrected chi connectivity index (χ2v) is 5.30. The largest absolute Gasteiger partial charge is 0.491 e.